The van der Waals surface area contributed by atoms with Crippen LogP contribution in [0.3, 0.4) is 0 Å². The molecule has 10 heteroatoms. The number of benzene rings is 2. The van der Waals surface area contributed by atoms with E-state index in [-0.39, 0.29) is 28.3 Å². The van der Waals surface area contributed by atoms with Gasteiger partial charge in [-0.2, -0.15) is 5.10 Å². The van der Waals surface area contributed by atoms with Crippen molar-refractivity contribution in [3.8, 4) is 5.75 Å². The van der Waals surface area contributed by atoms with Crippen LogP contribution in [-0.4, -0.2) is 27.1 Å². The van der Waals surface area contributed by atoms with Crippen LogP contribution in [0.25, 0.3) is 0 Å². The number of para-hydroxylation sites is 1. The molecule has 10 nitrogen and oxygen atoms in total. The first kappa shape index (κ1) is 16.5. The Hall–Kier alpha value is -3.82. The van der Waals surface area contributed by atoms with Crippen LogP contribution < -0.4 is 5.43 Å². The molecule has 0 atom stereocenters. The molecule has 0 bridgehead atoms. The van der Waals surface area contributed by atoms with Gasteiger partial charge in [0.15, 0.2) is 0 Å². The van der Waals surface area contributed by atoms with Gasteiger partial charge < -0.3 is 5.11 Å². The molecule has 0 aliphatic heterocycles. The third-order valence-electron chi connectivity index (χ3n) is 2.94. The minimum absolute atomic E-state index is 0.00654. The number of carbonyl (C=O) groups excluding carboxylic acids is 1. The van der Waals surface area contributed by atoms with Crippen LogP contribution in [0.1, 0.15) is 15.9 Å². The predicted molar refractivity (Wildman–Crippen MR) is 82.9 cm³/mol. The van der Waals surface area contributed by atoms with E-state index < -0.39 is 15.8 Å². The van der Waals surface area contributed by atoms with E-state index in [1.165, 1.54) is 24.3 Å². The molecule has 2 rings (SSSR count). The Morgan fingerprint density at radius 1 is 1.12 bits per heavy atom. The highest BCUT2D eigenvalue weighted by Crippen LogP contribution is 2.21. The van der Waals surface area contributed by atoms with Crippen molar-refractivity contribution < 1.29 is 19.7 Å². The summed E-state index contributed by atoms with van der Waals surface area (Å²) >= 11 is 0. The second kappa shape index (κ2) is 6.96. The fourth-order valence-electron chi connectivity index (χ4n) is 1.80. The van der Waals surface area contributed by atoms with Crippen molar-refractivity contribution in [1.29, 1.82) is 0 Å². The van der Waals surface area contributed by atoms with E-state index in [2.05, 4.69) is 10.5 Å². The number of nitro groups is 2. The lowest BCUT2D eigenvalue weighted by Crippen LogP contribution is -2.18. The van der Waals surface area contributed by atoms with Gasteiger partial charge in [-0.3, -0.25) is 25.0 Å². The smallest absolute Gasteiger partial charge is 0.282 e. The summed E-state index contributed by atoms with van der Waals surface area (Å²) in [4.78, 5) is 32.1. The van der Waals surface area contributed by atoms with Gasteiger partial charge in [0.1, 0.15) is 11.3 Å². The standard InChI is InChI=1S/C14H10N4O6/c19-13-6-5-10(17(21)22)7-9(13)8-15-16-14(20)11-3-1-2-4-12(11)18(23)24/h1-8,19H,(H,16,20)/b15-8+. The number of nitrogens with zero attached hydrogens (tertiary/aromatic N) is 3. The van der Waals surface area contributed by atoms with Gasteiger partial charge in [0.25, 0.3) is 17.3 Å². The molecule has 1 amide bonds. The predicted octanol–water partition coefficient (Wildman–Crippen LogP) is 1.97. The molecular weight excluding hydrogens is 320 g/mol. The summed E-state index contributed by atoms with van der Waals surface area (Å²) in [6.45, 7) is 0. The van der Waals surface area contributed by atoms with Gasteiger partial charge in [-0.25, -0.2) is 5.43 Å². The molecule has 0 spiro atoms. The molecule has 0 unspecified atom stereocenters. The Morgan fingerprint density at radius 3 is 2.50 bits per heavy atom. The molecule has 0 heterocycles. The topological polar surface area (TPSA) is 148 Å². The van der Waals surface area contributed by atoms with Crippen molar-refractivity contribution in [2.24, 2.45) is 5.10 Å². The molecule has 0 fully saturated rings. The molecule has 0 aromatic heterocycles. The Bertz CT molecular complexity index is 849. The highest BCUT2D eigenvalue weighted by atomic mass is 16.6. The molecule has 0 saturated carbocycles. The van der Waals surface area contributed by atoms with Crippen molar-refractivity contribution in [3.05, 3.63) is 73.8 Å². The number of hydrazone groups is 1. The second-order valence-corrected chi connectivity index (χ2v) is 4.47. The lowest BCUT2D eigenvalue weighted by atomic mass is 10.2. The summed E-state index contributed by atoms with van der Waals surface area (Å²) in [6, 6.07) is 8.59. The number of non-ortho nitro benzene ring substituents is 1. The van der Waals surface area contributed by atoms with E-state index in [0.717, 1.165) is 24.4 Å². The molecule has 122 valence electrons. The maximum Gasteiger partial charge on any atom is 0.282 e. The fourth-order valence-corrected chi connectivity index (χ4v) is 1.80. The number of carbonyl (C=O) groups is 1. The minimum Gasteiger partial charge on any atom is -0.507 e. The highest BCUT2D eigenvalue weighted by Gasteiger charge is 2.18. The van der Waals surface area contributed by atoms with Crippen molar-refractivity contribution in [2.75, 3.05) is 0 Å². The van der Waals surface area contributed by atoms with Crippen LogP contribution in [-0.2, 0) is 0 Å². The molecule has 2 aromatic carbocycles. The third-order valence-corrected chi connectivity index (χ3v) is 2.94. The van der Waals surface area contributed by atoms with Gasteiger partial charge >= 0.3 is 0 Å². The van der Waals surface area contributed by atoms with Crippen molar-refractivity contribution in [2.45, 2.75) is 0 Å². The Balaban J connectivity index is 2.18. The average molecular weight is 330 g/mol. The SMILES string of the molecule is O=C(N/N=C/c1cc([N+](=O)[O-])ccc1O)c1ccccc1[N+](=O)[O-]. The van der Waals surface area contributed by atoms with Crippen LogP contribution in [0, 0.1) is 20.2 Å². The third kappa shape index (κ3) is 3.68. The van der Waals surface area contributed by atoms with Crippen LogP contribution in [0.4, 0.5) is 11.4 Å². The first-order chi connectivity index (χ1) is 11.4. The number of nitro benzene ring substituents is 2. The zero-order valence-corrected chi connectivity index (χ0v) is 11.9. The van der Waals surface area contributed by atoms with E-state index >= 15 is 0 Å². The van der Waals surface area contributed by atoms with E-state index in [1.807, 2.05) is 0 Å². The van der Waals surface area contributed by atoms with Crippen molar-refractivity contribution in [3.63, 3.8) is 0 Å². The summed E-state index contributed by atoms with van der Waals surface area (Å²) in [5.41, 5.74) is 1.23. The molecular formula is C14H10N4O6. The quantitative estimate of drug-likeness (QED) is 0.486. The van der Waals surface area contributed by atoms with Crippen LogP contribution >= 0.6 is 0 Å². The number of aromatic hydroxyl groups is 1. The normalized spacial score (nSPS) is 10.5. The second-order valence-electron chi connectivity index (χ2n) is 4.47. The Morgan fingerprint density at radius 2 is 1.83 bits per heavy atom. The number of hydrogen-bond donors (Lipinski definition) is 2. The summed E-state index contributed by atoms with van der Waals surface area (Å²) < 4.78 is 0. The molecule has 0 aliphatic carbocycles. The number of amides is 1. The zero-order valence-electron chi connectivity index (χ0n) is 11.9. The van der Waals surface area contributed by atoms with Gasteiger partial charge in [0, 0.05) is 23.8 Å². The zero-order chi connectivity index (χ0) is 17.7. The van der Waals surface area contributed by atoms with Gasteiger partial charge in [0.05, 0.1) is 16.1 Å². The minimum atomic E-state index is -0.830. The monoisotopic (exact) mass is 330 g/mol. The fraction of sp³-hybridized carbons (Fsp3) is 0. The van der Waals surface area contributed by atoms with Crippen LogP contribution in [0.5, 0.6) is 5.75 Å². The largest absolute Gasteiger partial charge is 0.507 e. The Labute approximate surface area is 134 Å². The van der Waals surface area contributed by atoms with E-state index in [0.29, 0.717) is 0 Å². The number of hydrogen-bond acceptors (Lipinski definition) is 7. The van der Waals surface area contributed by atoms with Crippen LogP contribution in [0.15, 0.2) is 47.6 Å². The average Bonchev–Trinajstić information content (AvgIpc) is 2.56. The summed E-state index contributed by atoms with van der Waals surface area (Å²) in [5.74, 6) is -1.10. The maximum absolute atomic E-state index is 11.9. The lowest BCUT2D eigenvalue weighted by Gasteiger charge is -2.01. The van der Waals surface area contributed by atoms with E-state index in [9.17, 15) is 30.1 Å². The molecule has 2 aromatic rings. The van der Waals surface area contributed by atoms with Crippen molar-refractivity contribution >= 4 is 23.5 Å². The van der Waals surface area contributed by atoms with Crippen molar-refractivity contribution in [1.82, 2.24) is 5.43 Å². The first-order valence-electron chi connectivity index (χ1n) is 6.44. The number of rotatable bonds is 5. The maximum atomic E-state index is 11.9. The molecule has 24 heavy (non-hydrogen) atoms. The highest BCUT2D eigenvalue weighted by molar-refractivity contribution is 5.98. The molecule has 2 N–H and O–H groups in total. The Kier molecular flexibility index (Phi) is 4.80. The van der Waals surface area contributed by atoms with Gasteiger partial charge in [-0.05, 0) is 12.1 Å². The number of nitrogens with one attached hydrogen (secondary N) is 1. The number of phenolic OH excluding ortho intramolecular Hbond substituents is 1. The lowest BCUT2D eigenvalue weighted by molar-refractivity contribution is -0.385. The van der Waals surface area contributed by atoms with Gasteiger partial charge in [-0.1, -0.05) is 12.1 Å². The number of phenols is 1. The molecule has 0 saturated heterocycles. The van der Waals surface area contributed by atoms with Gasteiger partial charge in [-0.15, -0.1) is 0 Å². The van der Waals surface area contributed by atoms with Crippen LogP contribution in [0.2, 0.25) is 0 Å². The first-order valence-corrected chi connectivity index (χ1v) is 6.44. The summed E-state index contributed by atoms with van der Waals surface area (Å²) in [6.07, 6.45) is 0.995. The van der Waals surface area contributed by atoms with E-state index in [1.54, 1.807) is 0 Å². The summed E-state index contributed by atoms with van der Waals surface area (Å²) in [7, 11) is 0. The molecule has 0 aliphatic rings. The molecule has 0 radical (unpaired) electrons. The van der Waals surface area contributed by atoms with E-state index in [4.69, 9.17) is 0 Å². The van der Waals surface area contributed by atoms with Gasteiger partial charge in [0.2, 0.25) is 0 Å². The summed E-state index contributed by atoms with van der Waals surface area (Å²) in [5, 5.41) is 34.7.